The lowest BCUT2D eigenvalue weighted by Gasteiger charge is -2.17. The number of nitriles is 1. The highest BCUT2D eigenvalue weighted by Gasteiger charge is 2.28. The lowest BCUT2D eigenvalue weighted by Crippen LogP contribution is -2.31. The van der Waals surface area contributed by atoms with E-state index in [2.05, 4.69) is 9.97 Å². The quantitative estimate of drug-likeness (QED) is 0.845. The zero-order valence-corrected chi connectivity index (χ0v) is 14.2. The second kappa shape index (κ2) is 7.18. The van der Waals surface area contributed by atoms with Crippen molar-refractivity contribution in [3.05, 3.63) is 47.8 Å². The van der Waals surface area contributed by atoms with Crippen LogP contribution in [-0.2, 0) is 0 Å². The summed E-state index contributed by atoms with van der Waals surface area (Å²) in [5, 5.41) is 8.83. The van der Waals surface area contributed by atoms with Crippen LogP contribution in [0.2, 0.25) is 0 Å². The Labute approximate surface area is 146 Å². The summed E-state index contributed by atoms with van der Waals surface area (Å²) < 4.78 is 5.88. The molecule has 2 aromatic rings. The predicted octanol–water partition coefficient (Wildman–Crippen LogP) is 1.71. The molecule has 0 aliphatic carbocycles. The lowest BCUT2D eigenvalue weighted by atomic mass is 10.1. The predicted molar refractivity (Wildman–Crippen MR) is 92.5 cm³/mol. The van der Waals surface area contributed by atoms with Gasteiger partial charge in [0.15, 0.2) is 5.82 Å². The van der Waals surface area contributed by atoms with Gasteiger partial charge in [-0.05, 0) is 24.3 Å². The molecule has 0 unspecified atom stereocenters. The Kier molecular flexibility index (Phi) is 4.80. The molecule has 0 N–H and O–H groups in total. The molecule has 2 heterocycles. The van der Waals surface area contributed by atoms with E-state index in [9.17, 15) is 4.79 Å². The molecule has 1 aromatic carbocycles. The maximum atomic E-state index is 12.5. The van der Waals surface area contributed by atoms with Gasteiger partial charge < -0.3 is 14.5 Å². The molecule has 128 valence electrons. The van der Waals surface area contributed by atoms with Gasteiger partial charge in [-0.25, -0.2) is 0 Å². The topological polar surface area (TPSA) is 82.4 Å². The molecule has 0 radical (unpaired) electrons. The van der Waals surface area contributed by atoms with E-state index in [1.807, 2.05) is 25.1 Å². The Balaban J connectivity index is 1.62. The maximum Gasteiger partial charge on any atom is 0.253 e. The summed E-state index contributed by atoms with van der Waals surface area (Å²) in [4.78, 5) is 24.7. The minimum absolute atomic E-state index is 0.0521. The van der Waals surface area contributed by atoms with Gasteiger partial charge in [0.05, 0.1) is 30.6 Å². The third kappa shape index (κ3) is 3.86. The van der Waals surface area contributed by atoms with Gasteiger partial charge in [0.25, 0.3) is 5.91 Å². The Morgan fingerprint density at radius 3 is 2.76 bits per heavy atom. The summed E-state index contributed by atoms with van der Waals surface area (Å²) in [7, 11) is 3.78. The van der Waals surface area contributed by atoms with Gasteiger partial charge in [0.2, 0.25) is 5.88 Å². The molecule has 0 saturated carbocycles. The van der Waals surface area contributed by atoms with Gasteiger partial charge in [0, 0.05) is 32.6 Å². The van der Waals surface area contributed by atoms with Crippen molar-refractivity contribution < 1.29 is 9.53 Å². The lowest BCUT2D eigenvalue weighted by molar-refractivity contribution is 0.0771. The SMILES string of the molecule is CN(C)c1cncc(O[C@H]2CCN(C(=O)c3ccc(C#N)cc3)C2)n1. The Bertz CT molecular complexity index is 798. The number of ether oxygens (including phenoxy) is 1. The van der Waals surface area contributed by atoms with Gasteiger partial charge in [-0.2, -0.15) is 10.2 Å². The van der Waals surface area contributed by atoms with Crippen LogP contribution < -0.4 is 9.64 Å². The minimum atomic E-state index is -0.103. The largest absolute Gasteiger partial charge is 0.471 e. The Morgan fingerprint density at radius 1 is 1.32 bits per heavy atom. The smallest absolute Gasteiger partial charge is 0.253 e. The standard InChI is InChI=1S/C18H19N5O2/c1-22(2)16-10-20-11-17(21-16)25-15-7-8-23(12-15)18(24)14-5-3-13(9-19)4-6-14/h3-6,10-11,15H,7-8,12H2,1-2H3/t15-/m0/s1. The summed E-state index contributed by atoms with van der Waals surface area (Å²) in [6.07, 6.45) is 3.89. The first-order valence-electron chi connectivity index (χ1n) is 8.02. The van der Waals surface area contributed by atoms with Gasteiger partial charge in [-0.15, -0.1) is 0 Å². The van der Waals surface area contributed by atoms with Crippen LogP contribution in [0.1, 0.15) is 22.3 Å². The highest BCUT2D eigenvalue weighted by Crippen LogP contribution is 2.20. The van der Waals surface area contributed by atoms with Crippen LogP contribution in [-0.4, -0.2) is 54.1 Å². The third-order valence-electron chi connectivity index (χ3n) is 4.04. The van der Waals surface area contributed by atoms with Crippen molar-refractivity contribution in [1.29, 1.82) is 5.26 Å². The van der Waals surface area contributed by atoms with Crippen molar-refractivity contribution in [2.75, 3.05) is 32.1 Å². The number of carbonyl (C=O) groups excluding carboxylic acids is 1. The second-order valence-corrected chi connectivity index (χ2v) is 6.08. The molecule has 7 nitrogen and oxygen atoms in total. The van der Waals surface area contributed by atoms with Gasteiger partial charge in [-0.1, -0.05) is 0 Å². The normalized spacial score (nSPS) is 16.4. The van der Waals surface area contributed by atoms with Crippen LogP contribution in [0.25, 0.3) is 0 Å². The molecule has 0 bridgehead atoms. The number of aromatic nitrogens is 2. The van der Waals surface area contributed by atoms with E-state index in [4.69, 9.17) is 10.00 Å². The van der Waals surface area contributed by atoms with Crippen LogP contribution in [0.15, 0.2) is 36.7 Å². The fraction of sp³-hybridized carbons (Fsp3) is 0.333. The molecule has 1 aliphatic heterocycles. The molecular formula is C18H19N5O2. The van der Waals surface area contributed by atoms with Crippen molar-refractivity contribution in [1.82, 2.24) is 14.9 Å². The summed E-state index contributed by atoms with van der Waals surface area (Å²) in [6, 6.07) is 8.72. The van der Waals surface area contributed by atoms with Crippen molar-refractivity contribution in [3.8, 4) is 11.9 Å². The van der Waals surface area contributed by atoms with Crippen molar-refractivity contribution in [2.24, 2.45) is 0 Å². The number of rotatable bonds is 4. The van der Waals surface area contributed by atoms with Crippen molar-refractivity contribution >= 4 is 11.7 Å². The molecule has 0 spiro atoms. The highest BCUT2D eigenvalue weighted by atomic mass is 16.5. The number of likely N-dealkylation sites (tertiary alicyclic amines) is 1. The Hall–Kier alpha value is -3.14. The molecule has 3 rings (SSSR count). The van der Waals surface area contributed by atoms with Crippen molar-refractivity contribution in [2.45, 2.75) is 12.5 Å². The molecule has 1 fully saturated rings. The maximum absolute atomic E-state index is 12.5. The van der Waals surface area contributed by atoms with Gasteiger partial charge in [0.1, 0.15) is 6.10 Å². The molecular weight excluding hydrogens is 318 g/mol. The van der Waals surface area contributed by atoms with E-state index in [0.717, 1.165) is 12.2 Å². The first-order valence-corrected chi connectivity index (χ1v) is 8.02. The van der Waals surface area contributed by atoms with Gasteiger partial charge >= 0.3 is 0 Å². The second-order valence-electron chi connectivity index (χ2n) is 6.08. The summed E-state index contributed by atoms with van der Waals surface area (Å²) in [6.45, 7) is 1.14. The minimum Gasteiger partial charge on any atom is -0.471 e. The fourth-order valence-electron chi connectivity index (χ4n) is 2.66. The number of hydrogen-bond donors (Lipinski definition) is 0. The average molecular weight is 337 g/mol. The highest BCUT2D eigenvalue weighted by molar-refractivity contribution is 5.94. The third-order valence-corrected chi connectivity index (χ3v) is 4.04. The van der Waals surface area contributed by atoms with E-state index in [1.54, 1.807) is 41.6 Å². The zero-order chi connectivity index (χ0) is 17.8. The Morgan fingerprint density at radius 2 is 2.08 bits per heavy atom. The molecule has 1 aliphatic rings. The number of amides is 1. The molecule has 1 atom stereocenters. The van der Waals surface area contributed by atoms with E-state index in [-0.39, 0.29) is 12.0 Å². The van der Waals surface area contributed by atoms with Crippen LogP contribution in [0.3, 0.4) is 0 Å². The van der Waals surface area contributed by atoms with Gasteiger partial charge in [-0.3, -0.25) is 9.78 Å². The summed E-state index contributed by atoms with van der Waals surface area (Å²) in [5.41, 5.74) is 1.12. The monoisotopic (exact) mass is 337 g/mol. The number of anilines is 1. The summed E-state index contributed by atoms with van der Waals surface area (Å²) in [5.74, 6) is 1.13. The van der Waals surface area contributed by atoms with E-state index in [0.29, 0.717) is 30.1 Å². The fourth-order valence-corrected chi connectivity index (χ4v) is 2.66. The first kappa shape index (κ1) is 16.7. The zero-order valence-electron chi connectivity index (χ0n) is 14.2. The number of nitrogens with zero attached hydrogens (tertiary/aromatic N) is 5. The summed E-state index contributed by atoms with van der Waals surface area (Å²) >= 11 is 0. The molecule has 25 heavy (non-hydrogen) atoms. The molecule has 1 saturated heterocycles. The van der Waals surface area contributed by atoms with Crippen LogP contribution in [0, 0.1) is 11.3 Å². The molecule has 1 amide bonds. The van der Waals surface area contributed by atoms with E-state index >= 15 is 0 Å². The molecule has 7 heteroatoms. The van der Waals surface area contributed by atoms with E-state index in [1.165, 1.54) is 0 Å². The van der Waals surface area contributed by atoms with Crippen LogP contribution in [0.5, 0.6) is 5.88 Å². The first-order chi connectivity index (χ1) is 12.1. The van der Waals surface area contributed by atoms with Crippen LogP contribution >= 0.6 is 0 Å². The molecule has 1 aromatic heterocycles. The average Bonchev–Trinajstić information content (AvgIpc) is 3.10. The number of hydrogen-bond acceptors (Lipinski definition) is 6. The number of carbonyl (C=O) groups is 1. The number of benzene rings is 1. The van der Waals surface area contributed by atoms with Crippen molar-refractivity contribution in [3.63, 3.8) is 0 Å². The van der Waals surface area contributed by atoms with E-state index < -0.39 is 0 Å². The van der Waals surface area contributed by atoms with Crippen LogP contribution in [0.4, 0.5) is 5.82 Å².